The van der Waals surface area contributed by atoms with Crippen LogP contribution in [-0.2, 0) is 11.2 Å². The van der Waals surface area contributed by atoms with Crippen molar-refractivity contribution >= 4 is 33.4 Å². The second-order valence-electron chi connectivity index (χ2n) is 8.15. The van der Waals surface area contributed by atoms with Crippen molar-refractivity contribution in [1.29, 1.82) is 0 Å². The van der Waals surface area contributed by atoms with E-state index in [2.05, 4.69) is 42.6 Å². The summed E-state index contributed by atoms with van der Waals surface area (Å²) in [5, 5.41) is 12.7. The third-order valence-electron chi connectivity index (χ3n) is 5.80. The van der Waals surface area contributed by atoms with E-state index in [-0.39, 0.29) is 5.91 Å². The third-order valence-corrected chi connectivity index (χ3v) is 5.80. The van der Waals surface area contributed by atoms with E-state index in [4.69, 9.17) is 0 Å². The fourth-order valence-corrected chi connectivity index (χ4v) is 4.15. The molecule has 6 rings (SSSR count). The number of carbonyl (C=O) groups is 1. The Morgan fingerprint density at radius 1 is 0.853 bits per heavy atom. The van der Waals surface area contributed by atoms with Gasteiger partial charge in [-0.25, -0.2) is 0 Å². The quantitative estimate of drug-likeness (QED) is 0.334. The number of fused-ring (bicyclic) bond motifs is 2. The summed E-state index contributed by atoms with van der Waals surface area (Å²) in [4.78, 5) is 24.4. The van der Waals surface area contributed by atoms with Crippen LogP contribution in [0.5, 0.6) is 0 Å². The number of nitrogens with zero attached hydrogens (tertiary/aromatic N) is 3. The molecule has 0 bridgehead atoms. The van der Waals surface area contributed by atoms with Gasteiger partial charge in [0.05, 0.1) is 41.2 Å². The van der Waals surface area contributed by atoms with Crippen LogP contribution in [0.2, 0.25) is 0 Å². The molecule has 0 aliphatic carbocycles. The number of nitrogens with one attached hydrogen (secondary N) is 3. The lowest BCUT2D eigenvalue weighted by molar-refractivity contribution is -0.115. The highest BCUT2D eigenvalue weighted by Crippen LogP contribution is 2.32. The highest BCUT2D eigenvalue weighted by Gasteiger charge is 2.13. The molecule has 0 saturated carbocycles. The molecule has 0 radical (unpaired) electrons. The average molecular weight is 444 g/mol. The van der Waals surface area contributed by atoms with Crippen LogP contribution >= 0.6 is 0 Å². The lowest BCUT2D eigenvalue weighted by atomic mass is 10.0. The van der Waals surface area contributed by atoms with Gasteiger partial charge in [-0.3, -0.25) is 19.9 Å². The van der Waals surface area contributed by atoms with Gasteiger partial charge in [0, 0.05) is 28.7 Å². The topological polar surface area (TPSA) is 99.3 Å². The first-order valence-corrected chi connectivity index (χ1v) is 10.9. The summed E-state index contributed by atoms with van der Waals surface area (Å²) in [6.07, 6.45) is 7.35. The minimum Gasteiger partial charge on any atom is -0.352 e. The lowest BCUT2D eigenvalue weighted by Crippen LogP contribution is -2.14. The van der Waals surface area contributed by atoms with Crippen LogP contribution in [0.25, 0.3) is 44.3 Å². The molecule has 1 amide bonds. The summed E-state index contributed by atoms with van der Waals surface area (Å²) in [6, 6.07) is 21.8. The van der Waals surface area contributed by atoms with Gasteiger partial charge in [0.15, 0.2) is 0 Å². The molecule has 164 valence electrons. The zero-order valence-electron chi connectivity index (χ0n) is 18.1. The number of benzene rings is 2. The zero-order chi connectivity index (χ0) is 22.9. The van der Waals surface area contributed by atoms with Crippen molar-refractivity contribution in [3.63, 3.8) is 0 Å². The lowest BCUT2D eigenvalue weighted by Gasteiger charge is -2.08. The van der Waals surface area contributed by atoms with Crippen LogP contribution in [-0.4, -0.2) is 31.1 Å². The Labute approximate surface area is 194 Å². The number of H-pyrrole nitrogens is 2. The van der Waals surface area contributed by atoms with E-state index in [1.54, 1.807) is 18.6 Å². The van der Waals surface area contributed by atoms with Gasteiger partial charge in [-0.1, -0.05) is 36.4 Å². The molecule has 3 N–H and O–H groups in total. The Morgan fingerprint density at radius 2 is 1.76 bits per heavy atom. The number of amides is 1. The maximum atomic E-state index is 12.5. The molecule has 0 aliphatic rings. The van der Waals surface area contributed by atoms with Gasteiger partial charge in [0.2, 0.25) is 5.91 Å². The first kappa shape index (κ1) is 19.9. The van der Waals surface area contributed by atoms with E-state index < -0.39 is 0 Å². The van der Waals surface area contributed by atoms with Crippen LogP contribution in [0.4, 0.5) is 5.69 Å². The van der Waals surface area contributed by atoms with Gasteiger partial charge in [-0.15, -0.1) is 0 Å². The summed E-state index contributed by atoms with van der Waals surface area (Å²) in [5.74, 6) is -0.0778. The van der Waals surface area contributed by atoms with Gasteiger partial charge in [-0.05, 0) is 41.5 Å². The number of hydrogen-bond donors (Lipinski definition) is 3. The molecular formula is C27H20N6O. The summed E-state index contributed by atoms with van der Waals surface area (Å²) >= 11 is 0. The molecule has 6 aromatic rings. The minimum absolute atomic E-state index is 0.0778. The van der Waals surface area contributed by atoms with Gasteiger partial charge in [-0.2, -0.15) is 5.10 Å². The van der Waals surface area contributed by atoms with Crippen LogP contribution in [0.15, 0.2) is 91.5 Å². The highest BCUT2D eigenvalue weighted by molar-refractivity contribution is 5.98. The maximum Gasteiger partial charge on any atom is 0.228 e. The van der Waals surface area contributed by atoms with Crippen molar-refractivity contribution in [1.82, 2.24) is 25.1 Å². The Hall–Kier alpha value is -4.78. The van der Waals surface area contributed by atoms with Crippen molar-refractivity contribution in [2.24, 2.45) is 0 Å². The number of hydrogen-bond acceptors (Lipinski definition) is 4. The van der Waals surface area contributed by atoms with E-state index in [0.29, 0.717) is 12.1 Å². The fraction of sp³-hybridized carbons (Fsp3) is 0.0370. The molecule has 4 heterocycles. The van der Waals surface area contributed by atoms with E-state index in [0.717, 1.165) is 49.9 Å². The van der Waals surface area contributed by atoms with E-state index in [9.17, 15) is 4.79 Å². The van der Waals surface area contributed by atoms with E-state index >= 15 is 0 Å². The van der Waals surface area contributed by atoms with Crippen molar-refractivity contribution in [2.45, 2.75) is 6.42 Å². The molecule has 0 atom stereocenters. The molecule has 0 unspecified atom stereocenters. The highest BCUT2D eigenvalue weighted by atomic mass is 16.1. The monoisotopic (exact) mass is 444 g/mol. The summed E-state index contributed by atoms with van der Waals surface area (Å²) in [5.41, 5.74) is 7.19. The maximum absolute atomic E-state index is 12.5. The van der Waals surface area contributed by atoms with Gasteiger partial charge >= 0.3 is 0 Å². The first-order valence-electron chi connectivity index (χ1n) is 10.9. The number of rotatable bonds is 5. The Balaban J connectivity index is 1.30. The third kappa shape index (κ3) is 3.80. The summed E-state index contributed by atoms with van der Waals surface area (Å²) in [6.45, 7) is 0. The van der Waals surface area contributed by atoms with Crippen molar-refractivity contribution in [3.8, 4) is 22.5 Å². The smallest absolute Gasteiger partial charge is 0.228 e. The van der Waals surface area contributed by atoms with Crippen molar-refractivity contribution in [3.05, 3.63) is 97.1 Å². The Bertz CT molecular complexity index is 1600. The van der Waals surface area contributed by atoms with Crippen LogP contribution in [0.3, 0.4) is 0 Å². The zero-order valence-corrected chi connectivity index (χ0v) is 18.1. The van der Waals surface area contributed by atoms with Crippen LogP contribution in [0.1, 0.15) is 5.56 Å². The average Bonchev–Trinajstić information content (AvgIpc) is 3.48. The predicted molar refractivity (Wildman–Crippen MR) is 133 cm³/mol. The van der Waals surface area contributed by atoms with Crippen LogP contribution < -0.4 is 5.32 Å². The largest absolute Gasteiger partial charge is 0.352 e. The first-order chi connectivity index (χ1) is 16.7. The Morgan fingerprint density at radius 3 is 2.65 bits per heavy atom. The molecule has 34 heavy (non-hydrogen) atoms. The van der Waals surface area contributed by atoms with Gasteiger partial charge < -0.3 is 10.3 Å². The van der Waals surface area contributed by atoms with Gasteiger partial charge in [0.1, 0.15) is 5.69 Å². The summed E-state index contributed by atoms with van der Waals surface area (Å²) < 4.78 is 0. The standard InChI is InChI=1S/C27H20N6O/c34-26(10-17-4-2-1-3-5-17)30-21-11-20(14-29-15-21)18-6-7-23-22(12-18)27(33-32-23)24-13-19-8-9-28-16-25(19)31-24/h1-9,11-16,31H,10H2,(H,30,34)(H,32,33). The number of aromatic amines is 2. The second-order valence-corrected chi connectivity index (χ2v) is 8.15. The van der Waals surface area contributed by atoms with E-state index in [1.165, 1.54) is 0 Å². The Kier molecular flexibility index (Phi) is 4.85. The van der Waals surface area contributed by atoms with Crippen molar-refractivity contribution in [2.75, 3.05) is 5.32 Å². The normalized spacial score (nSPS) is 11.2. The number of aromatic nitrogens is 5. The molecule has 7 heteroatoms. The molecule has 2 aromatic carbocycles. The molecule has 0 spiro atoms. The number of anilines is 1. The molecule has 7 nitrogen and oxygen atoms in total. The number of carbonyl (C=O) groups excluding carboxylic acids is 1. The minimum atomic E-state index is -0.0778. The summed E-state index contributed by atoms with van der Waals surface area (Å²) in [7, 11) is 0. The SMILES string of the molecule is O=C(Cc1ccccc1)Nc1cncc(-c2ccc3[nH]nc(-c4cc5ccncc5[nH]4)c3c2)c1. The molecule has 4 aromatic heterocycles. The predicted octanol–water partition coefficient (Wildman–Crippen LogP) is 5.35. The van der Waals surface area contributed by atoms with E-state index in [1.807, 2.05) is 60.8 Å². The molecule has 0 aliphatic heterocycles. The van der Waals surface area contributed by atoms with Crippen LogP contribution in [0, 0.1) is 0 Å². The molecule has 0 saturated heterocycles. The molecule has 0 fully saturated rings. The fourth-order valence-electron chi connectivity index (χ4n) is 4.15. The van der Waals surface area contributed by atoms with Gasteiger partial charge in [0.25, 0.3) is 0 Å². The van der Waals surface area contributed by atoms with Crippen molar-refractivity contribution < 1.29 is 4.79 Å². The second kappa shape index (κ2) is 8.29. The molecular weight excluding hydrogens is 424 g/mol. The number of pyridine rings is 2.